The number of aliphatic hydroxyl groups excluding tert-OH is 1. The van der Waals surface area contributed by atoms with Crippen LogP contribution in [0.5, 0.6) is 11.5 Å². The number of hydrogen-bond donors (Lipinski definition) is 1. The van der Waals surface area contributed by atoms with Crippen molar-refractivity contribution in [2.45, 2.75) is 45.6 Å². The summed E-state index contributed by atoms with van der Waals surface area (Å²) in [5.41, 5.74) is 2.16. The van der Waals surface area contributed by atoms with Crippen molar-refractivity contribution < 1.29 is 9.84 Å². The van der Waals surface area contributed by atoms with E-state index >= 15 is 0 Å². The van der Waals surface area contributed by atoms with E-state index in [1.165, 1.54) is 5.56 Å². The van der Waals surface area contributed by atoms with Gasteiger partial charge in [-0.15, -0.1) is 0 Å². The van der Waals surface area contributed by atoms with Crippen molar-refractivity contribution in [2.24, 2.45) is 0 Å². The Balaban J connectivity index is 2.19. The number of aliphatic hydroxyl groups is 1. The summed E-state index contributed by atoms with van der Waals surface area (Å²) < 4.78 is 6.02. The summed E-state index contributed by atoms with van der Waals surface area (Å²) in [7, 11) is 0. The molecule has 0 aliphatic rings. The molecule has 0 saturated carbocycles. The highest BCUT2D eigenvalue weighted by Gasteiger charge is 2.10. The molecule has 1 unspecified atom stereocenters. The fraction of sp³-hybridized carbons (Fsp3) is 0.368. The Labute approximate surface area is 127 Å². The van der Waals surface area contributed by atoms with Crippen LogP contribution >= 0.6 is 0 Å². The summed E-state index contributed by atoms with van der Waals surface area (Å²) in [5.74, 6) is 2.19. The van der Waals surface area contributed by atoms with E-state index in [4.69, 9.17) is 4.74 Å². The smallest absolute Gasteiger partial charge is 0.130 e. The predicted molar refractivity (Wildman–Crippen MR) is 86.9 cm³/mol. The van der Waals surface area contributed by atoms with Gasteiger partial charge >= 0.3 is 0 Å². The van der Waals surface area contributed by atoms with Crippen molar-refractivity contribution in [1.82, 2.24) is 0 Å². The fourth-order valence-corrected chi connectivity index (χ4v) is 2.32. The molecule has 1 N–H and O–H groups in total. The van der Waals surface area contributed by atoms with Gasteiger partial charge in [0.15, 0.2) is 0 Å². The minimum atomic E-state index is -0.397. The van der Waals surface area contributed by atoms with E-state index in [0.29, 0.717) is 5.92 Å². The maximum absolute atomic E-state index is 9.82. The first-order valence-corrected chi connectivity index (χ1v) is 7.70. The minimum Gasteiger partial charge on any atom is -0.457 e. The third-order valence-electron chi connectivity index (χ3n) is 3.94. The van der Waals surface area contributed by atoms with Crippen molar-refractivity contribution in [1.29, 1.82) is 0 Å². The third-order valence-corrected chi connectivity index (χ3v) is 3.94. The molecule has 0 aliphatic carbocycles. The second kappa shape index (κ2) is 7.28. The molecular formula is C19H24O2. The fourth-order valence-electron chi connectivity index (χ4n) is 2.32. The van der Waals surface area contributed by atoms with E-state index in [0.717, 1.165) is 29.9 Å². The van der Waals surface area contributed by atoms with Crippen LogP contribution in [0.25, 0.3) is 0 Å². The summed E-state index contributed by atoms with van der Waals surface area (Å²) in [5, 5.41) is 9.82. The molecule has 2 aromatic carbocycles. The molecule has 112 valence electrons. The number of para-hydroxylation sites is 1. The lowest BCUT2D eigenvalue weighted by Crippen LogP contribution is -1.97. The normalized spacial score (nSPS) is 13.7. The highest BCUT2D eigenvalue weighted by Crippen LogP contribution is 2.32. The van der Waals surface area contributed by atoms with Crippen LogP contribution in [-0.2, 0) is 0 Å². The molecule has 0 radical (unpaired) electrons. The van der Waals surface area contributed by atoms with Gasteiger partial charge in [0, 0.05) is 0 Å². The maximum Gasteiger partial charge on any atom is 0.130 e. The molecule has 2 heteroatoms. The predicted octanol–water partition coefficient (Wildman–Crippen LogP) is 5.44. The third kappa shape index (κ3) is 3.85. The van der Waals surface area contributed by atoms with Gasteiger partial charge < -0.3 is 9.84 Å². The van der Waals surface area contributed by atoms with Crippen LogP contribution in [0.15, 0.2) is 48.5 Å². The number of hydrogen-bond acceptors (Lipinski definition) is 2. The van der Waals surface area contributed by atoms with E-state index in [1.54, 1.807) is 0 Å². The second-order valence-electron chi connectivity index (χ2n) is 5.44. The highest BCUT2D eigenvalue weighted by molar-refractivity contribution is 5.40. The van der Waals surface area contributed by atoms with E-state index < -0.39 is 6.10 Å². The van der Waals surface area contributed by atoms with E-state index in [9.17, 15) is 5.11 Å². The zero-order chi connectivity index (χ0) is 15.2. The summed E-state index contributed by atoms with van der Waals surface area (Å²) in [6, 6.07) is 15.9. The Morgan fingerprint density at radius 2 is 1.62 bits per heavy atom. The zero-order valence-electron chi connectivity index (χ0n) is 13.0. The largest absolute Gasteiger partial charge is 0.457 e. The maximum atomic E-state index is 9.82. The summed E-state index contributed by atoms with van der Waals surface area (Å²) >= 11 is 0. The van der Waals surface area contributed by atoms with Gasteiger partial charge in [-0.3, -0.25) is 0 Å². The number of benzene rings is 2. The quantitative estimate of drug-likeness (QED) is 0.765. The molecule has 0 spiro atoms. The molecule has 0 bridgehead atoms. The topological polar surface area (TPSA) is 29.5 Å². The van der Waals surface area contributed by atoms with Crippen LogP contribution in [0.1, 0.15) is 56.8 Å². The van der Waals surface area contributed by atoms with Gasteiger partial charge in [0.25, 0.3) is 0 Å². The molecule has 2 nitrogen and oxygen atoms in total. The van der Waals surface area contributed by atoms with Gasteiger partial charge in [0.05, 0.1) is 6.10 Å². The van der Waals surface area contributed by atoms with E-state index in [2.05, 4.69) is 26.0 Å². The molecule has 0 amide bonds. The molecule has 2 atom stereocenters. The monoisotopic (exact) mass is 284 g/mol. The standard InChI is InChI=1S/C19H24O2/c1-4-14(3)17-8-6-7-9-19(17)21-16-12-10-15(11-13-16)18(20)5-2/h6-14,18,20H,4-5H2,1-3H3/t14?,18-/m1/s1. The summed E-state index contributed by atoms with van der Waals surface area (Å²) in [4.78, 5) is 0. The van der Waals surface area contributed by atoms with Gasteiger partial charge in [0.1, 0.15) is 11.5 Å². The molecule has 0 saturated heterocycles. The van der Waals surface area contributed by atoms with Gasteiger partial charge in [-0.1, -0.05) is 51.1 Å². The van der Waals surface area contributed by atoms with Gasteiger partial charge in [-0.05, 0) is 48.1 Å². The van der Waals surface area contributed by atoms with Crippen LogP contribution in [0.2, 0.25) is 0 Å². The Hall–Kier alpha value is -1.80. The van der Waals surface area contributed by atoms with Gasteiger partial charge in [-0.25, -0.2) is 0 Å². The summed E-state index contributed by atoms with van der Waals surface area (Å²) in [6.07, 6.45) is 1.41. The molecule has 0 aliphatic heterocycles. The second-order valence-corrected chi connectivity index (χ2v) is 5.44. The molecule has 21 heavy (non-hydrogen) atoms. The van der Waals surface area contributed by atoms with E-state index in [1.807, 2.05) is 43.3 Å². The Bertz CT molecular complexity index is 560. The molecule has 0 fully saturated rings. The lowest BCUT2D eigenvalue weighted by Gasteiger charge is -2.16. The van der Waals surface area contributed by atoms with Crippen molar-refractivity contribution in [3.05, 3.63) is 59.7 Å². The van der Waals surface area contributed by atoms with Gasteiger partial charge in [-0.2, -0.15) is 0 Å². The summed E-state index contributed by atoms with van der Waals surface area (Å²) in [6.45, 7) is 6.36. The zero-order valence-corrected chi connectivity index (χ0v) is 13.0. The van der Waals surface area contributed by atoms with Crippen LogP contribution in [0.4, 0.5) is 0 Å². The van der Waals surface area contributed by atoms with Crippen LogP contribution < -0.4 is 4.74 Å². The molecule has 0 heterocycles. The van der Waals surface area contributed by atoms with Crippen molar-refractivity contribution in [2.75, 3.05) is 0 Å². The van der Waals surface area contributed by atoms with Crippen molar-refractivity contribution in [3.63, 3.8) is 0 Å². The highest BCUT2D eigenvalue weighted by atomic mass is 16.5. The van der Waals surface area contributed by atoms with Crippen LogP contribution in [0, 0.1) is 0 Å². The SMILES string of the molecule is CCC(C)c1ccccc1Oc1ccc([C@H](O)CC)cc1. The average molecular weight is 284 g/mol. The average Bonchev–Trinajstić information content (AvgIpc) is 2.54. The Morgan fingerprint density at radius 1 is 0.952 bits per heavy atom. The number of ether oxygens (including phenoxy) is 1. The lowest BCUT2D eigenvalue weighted by atomic mass is 9.98. The number of rotatable bonds is 6. The first kappa shape index (κ1) is 15.6. The van der Waals surface area contributed by atoms with Crippen molar-refractivity contribution in [3.8, 4) is 11.5 Å². The molecule has 0 aromatic heterocycles. The Kier molecular flexibility index (Phi) is 5.40. The van der Waals surface area contributed by atoms with Crippen molar-refractivity contribution >= 4 is 0 Å². The Morgan fingerprint density at radius 3 is 2.24 bits per heavy atom. The van der Waals surface area contributed by atoms with Crippen LogP contribution in [0.3, 0.4) is 0 Å². The molecule has 2 rings (SSSR count). The first-order valence-electron chi connectivity index (χ1n) is 7.70. The lowest BCUT2D eigenvalue weighted by molar-refractivity contribution is 0.173. The first-order chi connectivity index (χ1) is 10.2. The van der Waals surface area contributed by atoms with Gasteiger partial charge in [0.2, 0.25) is 0 Å². The van der Waals surface area contributed by atoms with E-state index in [-0.39, 0.29) is 0 Å². The van der Waals surface area contributed by atoms with Crippen LogP contribution in [-0.4, -0.2) is 5.11 Å². The minimum absolute atomic E-state index is 0.397. The molecular weight excluding hydrogens is 260 g/mol. The molecule has 2 aromatic rings.